The van der Waals surface area contributed by atoms with E-state index < -0.39 is 0 Å². The van der Waals surface area contributed by atoms with Crippen LogP contribution >= 0.6 is 0 Å². The molecular formula is C14H19N5O. The van der Waals surface area contributed by atoms with E-state index in [9.17, 15) is 4.79 Å². The number of carbonyl (C=O) groups is 1. The monoisotopic (exact) mass is 273 g/mol. The van der Waals surface area contributed by atoms with Crippen LogP contribution in [-0.4, -0.2) is 34.5 Å². The number of hydrogen-bond donors (Lipinski definition) is 1. The lowest BCUT2D eigenvalue weighted by atomic mass is 10.1. The molecule has 106 valence electrons. The number of aromatic nitrogens is 3. The van der Waals surface area contributed by atoms with Gasteiger partial charge in [0.1, 0.15) is 0 Å². The Bertz CT molecular complexity index is 620. The quantitative estimate of drug-likeness (QED) is 0.906. The average molecular weight is 273 g/mol. The van der Waals surface area contributed by atoms with Crippen LogP contribution in [0.3, 0.4) is 0 Å². The molecule has 6 heteroatoms. The molecule has 2 N–H and O–H groups in total. The summed E-state index contributed by atoms with van der Waals surface area (Å²) in [5.74, 6) is -0.180. The Kier molecular flexibility index (Phi) is 4.14. The van der Waals surface area contributed by atoms with Crippen LogP contribution in [0.2, 0.25) is 0 Å². The molecule has 6 nitrogen and oxygen atoms in total. The molecule has 1 amide bonds. The summed E-state index contributed by atoms with van der Waals surface area (Å²) < 4.78 is 1.57. The van der Waals surface area contributed by atoms with Gasteiger partial charge in [-0.15, -0.1) is 5.10 Å². The summed E-state index contributed by atoms with van der Waals surface area (Å²) in [7, 11) is 1.74. The standard InChI is InChI=1S/C14H19N5O/c1-10-4-5-13(11(2)8-10)18(3)14(20)12-9-19(7-6-15)17-16-12/h4-5,8-9H,6-7,15H2,1-3H3. The van der Waals surface area contributed by atoms with Gasteiger partial charge in [-0.3, -0.25) is 9.48 Å². The van der Waals surface area contributed by atoms with Gasteiger partial charge >= 0.3 is 0 Å². The fourth-order valence-electron chi connectivity index (χ4n) is 2.10. The summed E-state index contributed by atoms with van der Waals surface area (Å²) in [4.78, 5) is 14.0. The van der Waals surface area contributed by atoms with Gasteiger partial charge in [0, 0.05) is 19.3 Å². The molecule has 0 aliphatic heterocycles. The summed E-state index contributed by atoms with van der Waals surface area (Å²) in [5.41, 5.74) is 8.86. The van der Waals surface area contributed by atoms with Crippen LogP contribution in [0.5, 0.6) is 0 Å². The van der Waals surface area contributed by atoms with Crippen LogP contribution in [0.15, 0.2) is 24.4 Å². The van der Waals surface area contributed by atoms with Gasteiger partial charge < -0.3 is 10.6 Å². The first-order valence-corrected chi connectivity index (χ1v) is 6.48. The van der Waals surface area contributed by atoms with Crippen LogP contribution in [0, 0.1) is 13.8 Å². The third-order valence-corrected chi connectivity index (χ3v) is 3.13. The van der Waals surface area contributed by atoms with E-state index in [1.54, 1.807) is 22.8 Å². The summed E-state index contributed by atoms with van der Waals surface area (Å²) in [6, 6.07) is 5.97. The van der Waals surface area contributed by atoms with Crippen molar-refractivity contribution in [2.24, 2.45) is 5.73 Å². The Labute approximate surface area is 118 Å². The van der Waals surface area contributed by atoms with E-state index in [-0.39, 0.29) is 5.91 Å². The number of rotatable bonds is 4. The number of aryl methyl sites for hydroxylation is 2. The molecule has 0 bridgehead atoms. The van der Waals surface area contributed by atoms with Gasteiger partial charge in [0.2, 0.25) is 0 Å². The summed E-state index contributed by atoms with van der Waals surface area (Å²) in [6.07, 6.45) is 1.62. The first-order valence-electron chi connectivity index (χ1n) is 6.48. The van der Waals surface area contributed by atoms with E-state index in [0.717, 1.165) is 11.3 Å². The summed E-state index contributed by atoms with van der Waals surface area (Å²) in [6.45, 7) is 5.02. The summed E-state index contributed by atoms with van der Waals surface area (Å²) >= 11 is 0. The largest absolute Gasteiger partial charge is 0.329 e. The van der Waals surface area contributed by atoms with E-state index in [1.807, 2.05) is 32.0 Å². The highest BCUT2D eigenvalue weighted by atomic mass is 16.2. The normalized spacial score (nSPS) is 10.6. The van der Waals surface area contributed by atoms with Crippen LogP contribution in [-0.2, 0) is 6.54 Å². The lowest BCUT2D eigenvalue weighted by Gasteiger charge is -2.18. The maximum absolute atomic E-state index is 12.4. The van der Waals surface area contributed by atoms with Crippen molar-refractivity contribution in [1.29, 1.82) is 0 Å². The van der Waals surface area contributed by atoms with Crippen molar-refractivity contribution in [2.45, 2.75) is 20.4 Å². The fraction of sp³-hybridized carbons (Fsp3) is 0.357. The maximum atomic E-state index is 12.4. The minimum Gasteiger partial charge on any atom is -0.329 e. The number of nitrogens with zero attached hydrogens (tertiary/aromatic N) is 4. The zero-order chi connectivity index (χ0) is 14.7. The predicted octanol–water partition coefficient (Wildman–Crippen LogP) is 1.13. The van der Waals surface area contributed by atoms with E-state index in [0.29, 0.717) is 18.8 Å². The molecule has 0 fully saturated rings. The second-order valence-corrected chi connectivity index (χ2v) is 4.81. The molecule has 0 saturated heterocycles. The molecule has 2 aromatic rings. The Morgan fingerprint density at radius 1 is 1.40 bits per heavy atom. The molecule has 20 heavy (non-hydrogen) atoms. The van der Waals surface area contributed by atoms with E-state index in [2.05, 4.69) is 10.3 Å². The third-order valence-electron chi connectivity index (χ3n) is 3.13. The minimum atomic E-state index is -0.180. The maximum Gasteiger partial charge on any atom is 0.280 e. The zero-order valence-electron chi connectivity index (χ0n) is 12.0. The second kappa shape index (κ2) is 5.83. The van der Waals surface area contributed by atoms with Crippen molar-refractivity contribution in [3.05, 3.63) is 41.2 Å². The molecule has 0 aliphatic rings. The van der Waals surface area contributed by atoms with E-state index in [1.165, 1.54) is 5.56 Å². The van der Waals surface area contributed by atoms with E-state index in [4.69, 9.17) is 5.73 Å². The molecule has 1 aromatic heterocycles. The van der Waals surface area contributed by atoms with Crippen molar-refractivity contribution in [2.75, 3.05) is 18.5 Å². The van der Waals surface area contributed by atoms with Gasteiger partial charge in [-0.25, -0.2) is 0 Å². The number of amides is 1. The number of carbonyl (C=O) groups excluding carboxylic acids is 1. The molecular weight excluding hydrogens is 254 g/mol. The van der Waals surface area contributed by atoms with Gasteiger partial charge in [-0.1, -0.05) is 22.9 Å². The zero-order valence-corrected chi connectivity index (χ0v) is 12.0. The molecule has 0 saturated carbocycles. The Hall–Kier alpha value is -2.21. The Morgan fingerprint density at radius 2 is 2.15 bits per heavy atom. The molecule has 0 spiro atoms. The highest BCUT2D eigenvalue weighted by molar-refractivity contribution is 6.04. The molecule has 1 heterocycles. The molecule has 0 aliphatic carbocycles. The molecule has 0 radical (unpaired) electrons. The number of anilines is 1. The number of nitrogens with two attached hydrogens (primary N) is 1. The number of benzene rings is 1. The van der Waals surface area contributed by atoms with Crippen LogP contribution in [0.1, 0.15) is 21.6 Å². The van der Waals surface area contributed by atoms with Gasteiger partial charge in [-0.2, -0.15) is 0 Å². The van der Waals surface area contributed by atoms with Crippen molar-refractivity contribution >= 4 is 11.6 Å². The lowest BCUT2D eigenvalue weighted by molar-refractivity contribution is 0.0988. The van der Waals surface area contributed by atoms with Gasteiger partial charge in [0.15, 0.2) is 5.69 Å². The highest BCUT2D eigenvalue weighted by Gasteiger charge is 2.18. The van der Waals surface area contributed by atoms with Gasteiger partial charge in [0.05, 0.1) is 12.7 Å². The second-order valence-electron chi connectivity index (χ2n) is 4.81. The van der Waals surface area contributed by atoms with Crippen LogP contribution in [0.4, 0.5) is 5.69 Å². The predicted molar refractivity (Wildman–Crippen MR) is 77.7 cm³/mol. The molecule has 1 aromatic carbocycles. The Morgan fingerprint density at radius 3 is 2.80 bits per heavy atom. The van der Waals surface area contributed by atoms with Gasteiger partial charge in [-0.05, 0) is 25.5 Å². The van der Waals surface area contributed by atoms with Crippen LogP contribution < -0.4 is 10.6 Å². The molecule has 0 unspecified atom stereocenters. The number of hydrogen-bond acceptors (Lipinski definition) is 4. The topological polar surface area (TPSA) is 77.0 Å². The first kappa shape index (κ1) is 14.2. The molecule has 2 rings (SSSR count). The third kappa shape index (κ3) is 2.85. The van der Waals surface area contributed by atoms with Crippen LogP contribution in [0.25, 0.3) is 0 Å². The van der Waals surface area contributed by atoms with Crippen molar-refractivity contribution in [1.82, 2.24) is 15.0 Å². The highest BCUT2D eigenvalue weighted by Crippen LogP contribution is 2.21. The van der Waals surface area contributed by atoms with Gasteiger partial charge in [0.25, 0.3) is 5.91 Å². The van der Waals surface area contributed by atoms with E-state index >= 15 is 0 Å². The SMILES string of the molecule is Cc1ccc(N(C)C(=O)c2cn(CCN)nn2)c(C)c1. The van der Waals surface area contributed by atoms with Crippen molar-refractivity contribution in [3.63, 3.8) is 0 Å². The Balaban J connectivity index is 2.22. The van der Waals surface area contributed by atoms with Crippen molar-refractivity contribution < 1.29 is 4.79 Å². The summed E-state index contributed by atoms with van der Waals surface area (Å²) in [5, 5.41) is 7.77. The van der Waals surface area contributed by atoms with Crippen molar-refractivity contribution in [3.8, 4) is 0 Å². The minimum absolute atomic E-state index is 0.180. The first-order chi connectivity index (χ1) is 9.52. The smallest absolute Gasteiger partial charge is 0.280 e. The molecule has 0 atom stereocenters. The lowest BCUT2D eigenvalue weighted by Crippen LogP contribution is -2.27. The fourth-order valence-corrected chi connectivity index (χ4v) is 2.10. The average Bonchev–Trinajstić information content (AvgIpc) is 2.86.